The molecule has 0 aromatic heterocycles. The molecule has 3 nitrogen and oxygen atoms in total. The molecule has 4 saturated carbocycles. The molecule has 140 valence electrons. The number of carbonyl (C=O) groups excluding carboxylic acids is 1. The average molecular weight is 347 g/mol. The van der Waals surface area contributed by atoms with Crippen LogP contribution in [0.5, 0.6) is 0 Å². The van der Waals surface area contributed by atoms with Crippen LogP contribution in [0.25, 0.3) is 0 Å². The molecular formula is C22H34O3. The van der Waals surface area contributed by atoms with Gasteiger partial charge in [-0.3, -0.25) is 4.79 Å². The van der Waals surface area contributed by atoms with Crippen LogP contribution in [0.15, 0.2) is 0 Å². The highest BCUT2D eigenvalue weighted by Crippen LogP contribution is 2.74. The molecule has 0 radical (unpaired) electrons. The van der Waals surface area contributed by atoms with Gasteiger partial charge in [0.15, 0.2) is 0 Å². The number of esters is 1. The Morgan fingerprint density at radius 3 is 2.64 bits per heavy atom. The van der Waals surface area contributed by atoms with E-state index in [2.05, 4.69) is 13.8 Å². The van der Waals surface area contributed by atoms with Crippen molar-refractivity contribution in [2.75, 3.05) is 13.2 Å². The third kappa shape index (κ3) is 2.17. The fourth-order valence-electron chi connectivity index (χ4n) is 8.60. The highest BCUT2D eigenvalue weighted by molar-refractivity contribution is 5.65. The first-order valence-electron chi connectivity index (χ1n) is 10.6. The van der Waals surface area contributed by atoms with Gasteiger partial charge in [0.25, 0.3) is 0 Å². The fraction of sp³-hybridized carbons (Fsp3) is 0.955. The number of fused-ring (bicyclic) bond motifs is 4. The van der Waals surface area contributed by atoms with Gasteiger partial charge in [-0.2, -0.15) is 0 Å². The third-order valence-electron chi connectivity index (χ3n) is 9.54. The van der Waals surface area contributed by atoms with Crippen LogP contribution in [0.4, 0.5) is 0 Å². The van der Waals surface area contributed by atoms with Crippen LogP contribution in [0.2, 0.25) is 0 Å². The van der Waals surface area contributed by atoms with Gasteiger partial charge in [-0.25, -0.2) is 0 Å². The summed E-state index contributed by atoms with van der Waals surface area (Å²) in [6, 6.07) is 0. The van der Waals surface area contributed by atoms with E-state index in [-0.39, 0.29) is 11.4 Å². The Hall–Kier alpha value is -0.570. The van der Waals surface area contributed by atoms with Crippen molar-refractivity contribution in [3.8, 4) is 0 Å². The molecule has 0 amide bonds. The van der Waals surface area contributed by atoms with E-state index in [0.29, 0.717) is 29.0 Å². The molecule has 2 bridgehead atoms. The molecule has 1 aliphatic heterocycles. The van der Waals surface area contributed by atoms with E-state index in [9.17, 15) is 4.79 Å². The van der Waals surface area contributed by atoms with Gasteiger partial charge in [0.05, 0.1) is 18.8 Å². The second kappa shape index (κ2) is 5.03. The Labute approximate surface area is 152 Å². The molecule has 0 unspecified atom stereocenters. The number of rotatable bonds is 2. The second-order valence-corrected chi connectivity index (χ2v) is 10.8. The fourth-order valence-corrected chi connectivity index (χ4v) is 8.60. The first kappa shape index (κ1) is 16.6. The van der Waals surface area contributed by atoms with Crippen LogP contribution < -0.4 is 0 Å². The van der Waals surface area contributed by atoms with Crippen molar-refractivity contribution in [3.63, 3.8) is 0 Å². The number of epoxide rings is 1. The Bertz CT molecular complexity index is 596. The molecule has 0 aromatic rings. The maximum absolute atomic E-state index is 11.4. The Morgan fingerprint density at radius 1 is 1.12 bits per heavy atom. The molecule has 0 aromatic carbocycles. The van der Waals surface area contributed by atoms with Crippen molar-refractivity contribution >= 4 is 5.97 Å². The molecule has 1 saturated heterocycles. The summed E-state index contributed by atoms with van der Waals surface area (Å²) >= 11 is 0. The van der Waals surface area contributed by atoms with Crippen molar-refractivity contribution in [3.05, 3.63) is 0 Å². The first-order chi connectivity index (χ1) is 11.8. The number of hydrogen-bond donors (Lipinski definition) is 0. The molecule has 7 atom stereocenters. The highest BCUT2D eigenvalue weighted by atomic mass is 16.6. The van der Waals surface area contributed by atoms with Crippen molar-refractivity contribution in [2.24, 2.45) is 34.0 Å². The topological polar surface area (TPSA) is 38.8 Å². The Morgan fingerprint density at radius 2 is 1.92 bits per heavy atom. The Kier molecular flexibility index (Phi) is 3.34. The first-order valence-corrected chi connectivity index (χ1v) is 10.6. The van der Waals surface area contributed by atoms with Crippen molar-refractivity contribution in [2.45, 2.75) is 84.2 Å². The minimum atomic E-state index is -0.120. The van der Waals surface area contributed by atoms with E-state index in [4.69, 9.17) is 9.47 Å². The van der Waals surface area contributed by atoms with Gasteiger partial charge in [0.1, 0.15) is 0 Å². The summed E-state index contributed by atoms with van der Waals surface area (Å²) in [4.78, 5) is 11.4. The Balaban J connectivity index is 1.46. The SMILES string of the molecule is CC(=O)OC[C@]1(C)CCC[C@]2(C)[C@@H]1CC[C@@]13C[C@@H](CC[C@H]12)[C@@]1(CO1)C3. The van der Waals surface area contributed by atoms with Crippen molar-refractivity contribution in [1.82, 2.24) is 0 Å². The molecule has 5 rings (SSSR count). The second-order valence-electron chi connectivity index (χ2n) is 10.8. The zero-order valence-corrected chi connectivity index (χ0v) is 16.2. The summed E-state index contributed by atoms with van der Waals surface area (Å²) in [6.07, 6.45) is 12.2. The summed E-state index contributed by atoms with van der Waals surface area (Å²) in [5, 5.41) is 0. The molecule has 1 heterocycles. The summed E-state index contributed by atoms with van der Waals surface area (Å²) in [5.41, 5.74) is 1.46. The molecule has 4 aliphatic carbocycles. The molecule has 2 spiro atoms. The van der Waals surface area contributed by atoms with E-state index in [0.717, 1.165) is 18.4 Å². The highest BCUT2D eigenvalue weighted by Gasteiger charge is 2.71. The monoisotopic (exact) mass is 346 g/mol. The van der Waals surface area contributed by atoms with Crippen molar-refractivity contribution in [1.29, 1.82) is 0 Å². The van der Waals surface area contributed by atoms with Gasteiger partial charge in [-0.1, -0.05) is 20.3 Å². The number of ether oxygens (including phenoxy) is 2. The van der Waals surface area contributed by atoms with E-state index in [1.165, 1.54) is 57.8 Å². The predicted molar refractivity (Wildman–Crippen MR) is 96.0 cm³/mol. The normalized spacial score (nSPS) is 56.2. The van der Waals surface area contributed by atoms with E-state index in [1.807, 2.05) is 0 Å². The zero-order chi connectivity index (χ0) is 17.5. The van der Waals surface area contributed by atoms with Gasteiger partial charge in [-0.05, 0) is 80.0 Å². The maximum Gasteiger partial charge on any atom is 0.302 e. The minimum absolute atomic E-state index is 0.120. The van der Waals surface area contributed by atoms with Crippen LogP contribution in [-0.2, 0) is 14.3 Å². The lowest BCUT2D eigenvalue weighted by Gasteiger charge is -2.64. The summed E-state index contributed by atoms with van der Waals surface area (Å²) in [5.74, 6) is 2.29. The van der Waals surface area contributed by atoms with Crippen LogP contribution in [0.1, 0.15) is 78.6 Å². The van der Waals surface area contributed by atoms with Gasteiger partial charge in [0, 0.05) is 12.3 Å². The molecule has 5 aliphatic rings. The molecule has 0 N–H and O–H groups in total. The lowest BCUT2D eigenvalue weighted by molar-refractivity contribution is -0.172. The maximum atomic E-state index is 11.4. The smallest absolute Gasteiger partial charge is 0.302 e. The van der Waals surface area contributed by atoms with E-state index >= 15 is 0 Å². The summed E-state index contributed by atoms with van der Waals surface area (Å²) in [6.45, 7) is 8.22. The van der Waals surface area contributed by atoms with Crippen LogP contribution in [0, 0.1) is 34.0 Å². The molecule has 5 fully saturated rings. The van der Waals surface area contributed by atoms with Gasteiger partial charge in [-0.15, -0.1) is 0 Å². The van der Waals surface area contributed by atoms with Crippen LogP contribution in [-0.4, -0.2) is 24.8 Å². The number of carbonyl (C=O) groups is 1. The molecule has 3 heteroatoms. The standard InChI is InChI=1S/C22H34O3/c1-15(23)24-13-19(2)8-4-9-20(3)17(19)7-10-21-11-16(5-6-18(20)21)22(12-21)14-25-22/h16-18H,4-14H2,1-3H3/t16-,17-,18+,19+,20-,21+,22+/m1/s1. The van der Waals surface area contributed by atoms with Crippen molar-refractivity contribution < 1.29 is 14.3 Å². The largest absolute Gasteiger partial charge is 0.465 e. The minimum Gasteiger partial charge on any atom is -0.465 e. The van der Waals surface area contributed by atoms with Crippen LogP contribution in [0.3, 0.4) is 0 Å². The quantitative estimate of drug-likeness (QED) is 0.536. The summed E-state index contributed by atoms with van der Waals surface area (Å²) < 4.78 is 11.6. The van der Waals surface area contributed by atoms with Gasteiger partial charge in [0.2, 0.25) is 0 Å². The van der Waals surface area contributed by atoms with Gasteiger partial charge >= 0.3 is 5.97 Å². The third-order valence-corrected chi connectivity index (χ3v) is 9.54. The van der Waals surface area contributed by atoms with Crippen LogP contribution >= 0.6 is 0 Å². The average Bonchev–Trinajstić information content (AvgIpc) is 3.28. The summed E-state index contributed by atoms with van der Waals surface area (Å²) in [7, 11) is 0. The zero-order valence-electron chi connectivity index (χ0n) is 16.2. The van der Waals surface area contributed by atoms with E-state index < -0.39 is 0 Å². The predicted octanol–water partition coefficient (Wildman–Crippen LogP) is 4.73. The van der Waals surface area contributed by atoms with Gasteiger partial charge < -0.3 is 9.47 Å². The lowest BCUT2D eigenvalue weighted by atomic mass is 9.41. The molecule has 25 heavy (non-hydrogen) atoms. The van der Waals surface area contributed by atoms with E-state index in [1.54, 1.807) is 6.92 Å². The number of hydrogen-bond acceptors (Lipinski definition) is 3. The molecular weight excluding hydrogens is 312 g/mol. The lowest BCUT2D eigenvalue weighted by Crippen LogP contribution is -2.57.